The van der Waals surface area contributed by atoms with Gasteiger partial charge in [0, 0.05) is 47.3 Å². The molecule has 0 aliphatic carbocycles. The summed E-state index contributed by atoms with van der Waals surface area (Å²) in [5, 5.41) is 0.671. The van der Waals surface area contributed by atoms with Gasteiger partial charge in [-0.05, 0) is 68.7 Å². The van der Waals surface area contributed by atoms with Crippen LogP contribution in [0.4, 0.5) is 13.2 Å². The molecule has 0 amide bonds. The number of fused-ring (bicyclic) bond motifs is 1. The minimum atomic E-state index is -4.50. The molecule has 174 valence electrons. The molecule has 0 unspecified atom stereocenters. The van der Waals surface area contributed by atoms with Crippen LogP contribution in [0.1, 0.15) is 53.3 Å². The highest BCUT2D eigenvalue weighted by Gasteiger charge is 2.32. The molecule has 2 atom stereocenters. The van der Waals surface area contributed by atoms with Crippen molar-refractivity contribution in [3.8, 4) is 11.3 Å². The van der Waals surface area contributed by atoms with E-state index in [0.29, 0.717) is 41.1 Å². The fraction of sp³-hybridized carbons (Fsp3) is 0.320. The highest BCUT2D eigenvalue weighted by Crippen LogP contribution is 2.38. The Morgan fingerprint density at radius 2 is 1.79 bits per heavy atom. The van der Waals surface area contributed by atoms with E-state index in [1.165, 1.54) is 12.3 Å². The summed E-state index contributed by atoms with van der Waals surface area (Å²) in [6.45, 7) is 4.36. The number of ether oxygens (including phenoxy) is 1. The molecule has 4 aromatic rings. The molecular formula is C25H22F3N5O. The summed E-state index contributed by atoms with van der Waals surface area (Å²) in [6.07, 6.45) is -0.207. The van der Waals surface area contributed by atoms with Crippen LogP contribution in [0.25, 0.3) is 22.3 Å². The van der Waals surface area contributed by atoms with Crippen molar-refractivity contribution < 1.29 is 17.9 Å². The molecule has 5 heterocycles. The third-order valence-electron chi connectivity index (χ3n) is 5.99. The van der Waals surface area contributed by atoms with Crippen molar-refractivity contribution in [2.45, 2.75) is 44.9 Å². The monoisotopic (exact) mass is 465 g/mol. The van der Waals surface area contributed by atoms with E-state index in [9.17, 15) is 13.2 Å². The molecule has 9 heteroatoms. The fourth-order valence-electron chi connectivity index (χ4n) is 4.26. The Balaban J connectivity index is 1.55. The Morgan fingerprint density at radius 1 is 0.941 bits per heavy atom. The van der Waals surface area contributed by atoms with E-state index in [1.54, 1.807) is 6.20 Å². The second kappa shape index (κ2) is 8.72. The van der Waals surface area contributed by atoms with Gasteiger partial charge in [0.1, 0.15) is 11.5 Å². The first-order valence-corrected chi connectivity index (χ1v) is 11.0. The molecule has 0 radical (unpaired) electrons. The molecule has 1 saturated heterocycles. The maximum atomic E-state index is 13.0. The molecule has 0 saturated carbocycles. The average molecular weight is 465 g/mol. The zero-order valence-corrected chi connectivity index (χ0v) is 18.7. The largest absolute Gasteiger partial charge is 0.433 e. The second-order valence-corrected chi connectivity index (χ2v) is 8.50. The van der Waals surface area contributed by atoms with E-state index in [2.05, 4.69) is 15.0 Å². The number of pyridine rings is 3. The van der Waals surface area contributed by atoms with Crippen LogP contribution in [-0.4, -0.2) is 31.5 Å². The van der Waals surface area contributed by atoms with Crippen LogP contribution in [0.2, 0.25) is 0 Å². The van der Waals surface area contributed by atoms with Gasteiger partial charge in [0.2, 0.25) is 0 Å². The molecular weight excluding hydrogens is 443 g/mol. The van der Waals surface area contributed by atoms with Crippen molar-refractivity contribution in [2.24, 2.45) is 0 Å². The number of halogens is 3. The smallest absolute Gasteiger partial charge is 0.373 e. The van der Waals surface area contributed by atoms with Crippen molar-refractivity contribution in [2.75, 3.05) is 6.61 Å². The molecule has 0 bridgehead atoms. The van der Waals surface area contributed by atoms with Crippen molar-refractivity contribution in [3.63, 3.8) is 0 Å². The van der Waals surface area contributed by atoms with E-state index in [-0.39, 0.29) is 12.0 Å². The minimum Gasteiger partial charge on any atom is -0.373 e. The summed E-state index contributed by atoms with van der Waals surface area (Å²) in [7, 11) is 0. The zero-order chi connectivity index (χ0) is 23.9. The molecule has 0 aromatic carbocycles. The molecule has 0 N–H and O–H groups in total. The Hall–Kier alpha value is -3.46. The highest BCUT2D eigenvalue weighted by molar-refractivity contribution is 5.90. The van der Waals surface area contributed by atoms with Gasteiger partial charge in [-0.3, -0.25) is 9.97 Å². The molecule has 1 aliphatic heterocycles. The summed E-state index contributed by atoms with van der Waals surface area (Å²) in [6, 6.07) is 10.0. The van der Waals surface area contributed by atoms with E-state index in [4.69, 9.17) is 14.7 Å². The molecule has 6 nitrogen and oxygen atoms in total. The van der Waals surface area contributed by atoms with Crippen LogP contribution in [0, 0.1) is 13.8 Å². The molecule has 34 heavy (non-hydrogen) atoms. The summed E-state index contributed by atoms with van der Waals surface area (Å²) < 4.78 is 45.1. The summed E-state index contributed by atoms with van der Waals surface area (Å²) >= 11 is 0. The van der Waals surface area contributed by atoms with Crippen LogP contribution in [0.3, 0.4) is 0 Å². The average Bonchev–Trinajstić information content (AvgIpc) is 2.83. The lowest BCUT2D eigenvalue weighted by Gasteiger charge is -2.29. The van der Waals surface area contributed by atoms with Gasteiger partial charge in [-0.25, -0.2) is 15.0 Å². The standard InChI is InChI=1S/C25H22F3N5O/c1-14-3-5-19-22(18-4-6-21(30-13-18)25(26,27)28)32-23(33-24(19)31-14)17-8-10-34-20(12-17)16-7-9-29-15(2)11-16/h3-7,9,11,13,17,20H,8,10,12H2,1-2H3/t17-,20+/m0/s1. The van der Waals surface area contributed by atoms with Crippen LogP contribution < -0.4 is 0 Å². The minimum absolute atomic E-state index is 0.0140. The lowest BCUT2D eigenvalue weighted by Crippen LogP contribution is -2.21. The quantitative estimate of drug-likeness (QED) is 0.383. The van der Waals surface area contributed by atoms with E-state index >= 15 is 0 Å². The first-order chi connectivity index (χ1) is 16.3. The Labute approximate surface area is 194 Å². The number of rotatable bonds is 3. The summed E-state index contributed by atoms with van der Waals surface area (Å²) in [5.74, 6) is 0.625. The summed E-state index contributed by atoms with van der Waals surface area (Å²) in [4.78, 5) is 22.0. The third-order valence-corrected chi connectivity index (χ3v) is 5.99. The lowest BCUT2D eigenvalue weighted by atomic mass is 9.91. The normalized spacial score (nSPS) is 18.9. The maximum absolute atomic E-state index is 13.0. The molecule has 5 rings (SSSR count). The van der Waals surface area contributed by atoms with Crippen molar-refractivity contribution in [3.05, 3.63) is 77.3 Å². The fourth-order valence-corrected chi connectivity index (χ4v) is 4.26. The van der Waals surface area contributed by atoms with Crippen LogP contribution in [0.5, 0.6) is 0 Å². The van der Waals surface area contributed by atoms with E-state index < -0.39 is 11.9 Å². The Kier molecular flexibility index (Phi) is 5.73. The van der Waals surface area contributed by atoms with Gasteiger partial charge in [0.25, 0.3) is 0 Å². The molecule has 4 aromatic heterocycles. The number of hydrogen-bond acceptors (Lipinski definition) is 6. The zero-order valence-electron chi connectivity index (χ0n) is 18.7. The number of aromatic nitrogens is 5. The highest BCUT2D eigenvalue weighted by atomic mass is 19.4. The van der Waals surface area contributed by atoms with Crippen molar-refractivity contribution >= 4 is 11.0 Å². The van der Waals surface area contributed by atoms with Gasteiger partial charge >= 0.3 is 6.18 Å². The number of alkyl halides is 3. The lowest BCUT2D eigenvalue weighted by molar-refractivity contribution is -0.141. The predicted octanol–water partition coefficient (Wildman–Crippen LogP) is 5.75. The van der Waals surface area contributed by atoms with E-state index in [1.807, 2.05) is 38.1 Å². The van der Waals surface area contributed by atoms with Gasteiger partial charge in [-0.2, -0.15) is 13.2 Å². The van der Waals surface area contributed by atoms with Gasteiger partial charge in [-0.1, -0.05) is 0 Å². The maximum Gasteiger partial charge on any atom is 0.433 e. The Bertz CT molecular complexity index is 1340. The topological polar surface area (TPSA) is 73.7 Å². The second-order valence-electron chi connectivity index (χ2n) is 8.50. The van der Waals surface area contributed by atoms with Crippen LogP contribution in [0.15, 0.2) is 48.8 Å². The van der Waals surface area contributed by atoms with Gasteiger partial charge in [0.05, 0.1) is 11.8 Å². The Morgan fingerprint density at radius 3 is 2.53 bits per heavy atom. The number of hydrogen-bond donors (Lipinski definition) is 0. The molecule has 0 spiro atoms. The van der Waals surface area contributed by atoms with Crippen LogP contribution >= 0.6 is 0 Å². The van der Waals surface area contributed by atoms with E-state index in [0.717, 1.165) is 29.4 Å². The molecule has 1 aliphatic rings. The first kappa shape index (κ1) is 22.3. The van der Waals surface area contributed by atoms with Gasteiger partial charge < -0.3 is 4.74 Å². The van der Waals surface area contributed by atoms with Crippen LogP contribution in [-0.2, 0) is 10.9 Å². The third kappa shape index (κ3) is 4.48. The first-order valence-electron chi connectivity index (χ1n) is 11.0. The van der Waals surface area contributed by atoms with Gasteiger partial charge in [-0.15, -0.1) is 0 Å². The van der Waals surface area contributed by atoms with Crippen molar-refractivity contribution in [1.82, 2.24) is 24.9 Å². The predicted molar refractivity (Wildman–Crippen MR) is 120 cm³/mol. The van der Waals surface area contributed by atoms with Crippen molar-refractivity contribution in [1.29, 1.82) is 0 Å². The van der Waals surface area contributed by atoms with Gasteiger partial charge in [0.15, 0.2) is 5.65 Å². The summed E-state index contributed by atoms with van der Waals surface area (Å²) in [5.41, 5.74) is 3.36. The SMILES string of the molecule is Cc1cc([C@H]2C[C@@H](c3nc(-c4ccc(C(F)(F)F)nc4)c4ccc(C)nc4n3)CCO2)ccn1. The number of aryl methyl sites for hydroxylation is 2. The number of nitrogens with zero attached hydrogens (tertiary/aromatic N) is 5. The molecule has 1 fully saturated rings.